The lowest BCUT2D eigenvalue weighted by Crippen LogP contribution is -2.31. The van der Waals surface area contributed by atoms with Crippen LogP contribution >= 0.6 is 0 Å². The largest absolute Gasteiger partial charge is 0.213 e. The molecule has 12 aromatic carbocycles. The van der Waals surface area contributed by atoms with E-state index in [-0.39, 0.29) is 0 Å². The van der Waals surface area contributed by atoms with Gasteiger partial charge >= 0.3 is 0 Å². The second kappa shape index (κ2) is 35.7. The Bertz CT molecular complexity index is 6150. The first-order chi connectivity index (χ1) is 55.8. The third-order valence-corrected chi connectivity index (χ3v) is 23.2. The fourth-order valence-electron chi connectivity index (χ4n) is 17.2. The van der Waals surface area contributed by atoms with Crippen molar-refractivity contribution >= 4 is 0 Å². The molecular weight excluding hydrogens is 1400 g/mol. The summed E-state index contributed by atoms with van der Waals surface area (Å²) in [6.07, 6.45) is 8.84. The lowest BCUT2D eigenvalue weighted by molar-refractivity contribution is -0.660. The molecule has 116 heavy (non-hydrogen) atoms. The van der Waals surface area contributed by atoms with Crippen molar-refractivity contribution in [2.75, 3.05) is 0 Å². The first-order valence-electron chi connectivity index (χ1n) is 40.7. The Morgan fingerprint density at radius 3 is 0.802 bits per heavy atom. The molecule has 0 unspecified atom stereocenters. The van der Waals surface area contributed by atoms with Crippen LogP contribution in [-0.2, 0) is 28.2 Å². The molecule has 0 aliphatic carbocycles. The molecule has 0 atom stereocenters. The van der Waals surface area contributed by atoms with E-state index in [1.54, 1.807) is 0 Å². The zero-order chi connectivity index (χ0) is 82.2. The average molecular weight is 1510 g/mol. The van der Waals surface area contributed by atoms with E-state index in [0.29, 0.717) is 0 Å². The van der Waals surface area contributed by atoms with Crippen molar-refractivity contribution in [2.24, 2.45) is 28.2 Å². The molecular formula is C112H112N4+4. The Morgan fingerprint density at radius 1 is 0.155 bits per heavy atom. The summed E-state index contributed by atoms with van der Waals surface area (Å²) >= 11 is 0. The van der Waals surface area contributed by atoms with Gasteiger partial charge in [0.05, 0.1) is 0 Å². The van der Waals surface area contributed by atoms with Gasteiger partial charge in [0.2, 0.25) is 22.8 Å². The molecule has 4 aromatic heterocycles. The minimum atomic E-state index is 1.23. The van der Waals surface area contributed by atoms with Crippen molar-refractivity contribution < 1.29 is 18.3 Å². The number of nitrogens with zero attached hydrogens (tertiary/aromatic N) is 4. The van der Waals surface area contributed by atoms with E-state index in [2.05, 4.69) is 473 Å². The predicted octanol–water partition coefficient (Wildman–Crippen LogP) is 27.0. The molecule has 4 heterocycles. The van der Waals surface area contributed by atoms with Crippen LogP contribution < -0.4 is 18.3 Å². The van der Waals surface area contributed by atoms with E-state index < -0.39 is 0 Å². The van der Waals surface area contributed by atoms with Crippen molar-refractivity contribution in [3.63, 3.8) is 0 Å². The monoisotopic (exact) mass is 1510 g/mol. The lowest BCUT2D eigenvalue weighted by atomic mass is 9.91. The second-order valence-electron chi connectivity index (χ2n) is 32.2. The minimum Gasteiger partial charge on any atom is -0.201 e. The molecule has 0 saturated heterocycles. The maximum atomic E-state index is 2.36. The van der Waals surface area contributed by atoms with Crippen LogP contribution in [0, 0.1) is 111 Å². The van der Waals surface area contributed by atoms with Crippen LogP contribution in [0.3, 0.4) is 0 Å². The number of pyridine rings is 4. The van der Waals surface area contributed by atoms with Crippen molar-refractivity contribution in [3.05, 3.63) is 405 Å². The topological polar surface area (TPSA) is 15.5 Å². The summed E-state index contributed by atoms with van der Waals surface area (Å²) in [6.45, 7) is 35.2. The first-order valence-corrected chi connectivity index (χ1v) is 40.7. The standard InChI is InChI=1S/C29H30N.2C28H28N.C27H26N/c1-19-14-22(4)29(23(5)15-19)25-12-13-30(6)28(17-25)27-18-26(20(2)16-21(27)3)24-10-8-7-9-11-24;1-19-11-9-10-14-24(19)26-17-28(29(5)18-22(26)4)27-16-25(20(2)15-21(27)3)23-12-7-6-8-13-23;1-19-11-12-25(20(2)15-19)24-13-14-29(5)28(17-24)27-18-26(21(3)16-22(27)4)23-9-7-6-8-10-23;1-19-15-20(2)26(16-24(19)22-11-7-5-8-12-22)27-17-25(21(3)18-28(27)4)23-13-9-6-10-14-23/h7-18H,1-6H3;2*6-18H,1-5H3;5-18H,1-4H3/q4*+1. The molecule has 0 aliphatic heterocycles. The van der Waals surface area contributed by atoms with Crippen molar-refractivity contribution in [3.8, 4) is 134 Å². The first kappa shape index (κ1) is 81.3. The number of hydrogen-bond acceptors (Lipinski definition) is 0. The summed E-state index contributed by atoms with van der Waals surface area (Å²) in [7, 11) is 8.54. The number of rotatable bonds is 12. The Kier molecular flexibility index (Phi) is 25.0. The Morgan fingerprint density at radius 2 is 0.440 bits per heavy atom. The van der Waals surface area contributed by atoms with Crippen LogP contribution in [-0.4, -0.2) is 0 Å². The highest BCUT2D eigenvalue weighted by molar-refractivity contribution is 5.84. The van der Waals surface area contributed by atoms with Gasteiger partial charge in [0.1, 0.15) is 28.2 Å². The van der Waals surface area contributed by atoms with Gasteiger partial charge in [0, 0.05) is 69.8 Å². The fourth-order valence-corrected chi connectivity index (χ4v) is 17.2. The molecule has 0 N–H and O–H groups in total. The predicted molar refractivity (Wildman–Crippen MR) is 491 cm³/mol. The number of aryl methyl sites for hydroxylation is 20. The van der Waals surface area contributed by atoms with E-state index in [1.807, 2.05) is 0 Å². The van der Waals surface area contributed by atoms with Gasteiger partial charge in [0.25, 0.3) is 0 Å². The fraction of sp³-hybridized carbons (Fsp3) is 0.179. The SMILES string of the molecule is Cc1cc(C)c(-c2cc(-c3ccccc3)c(C)c[n+]2C)cc1-c1ccccc1.Cc1cc(C)c(-c2cc(-c3ccccc3C)c(C)c[n+]2C)cc1-c1ccccc1.Cc1cc(C)c(-c2cc[n+](C)c(-c3cc(-c4ccccc4)c(C)cc3C)c2)c(C)c1.Cc1ccc(-c2cc[n+](C)c(-c3cc(-c4ccccc4)c(C)cc3C)c2)c(C)c1. The molecule has 0 fully saturated rings. The van der Waals surface area contributed by atoms with Gasteiger partial charge in [-0.25, -0.2) is 18.3 Å². The molecule has 16 aromatic rings. The van der Waals surface area contributed by atoms with Gasteiger partial charge in [-0.3, -0.25) is 0 Å². The molecule has 4 nitrogen and oxygen atoms in total. The number of benzene rings is 12. The molecule has 0 spiro atoms. The van der Waals surface area contributed by atoms with Crippen LogP contribution in [0.25, 0.3) is 134 Å². The molecule has 0 bridgehead atoms. The molecule has 0 aliphatic rings. The van der Waals surface area contributed by atoms with Gasteiger partial charge in [0.15, 0.2) is 24.8 Å². The minimum absolute atomic E-state index is 1.23. The van der Waals surface area contributed by atoms with Gasteiger partial charge in [-0.05, 0) is 291 Å². The van der Waals surface area contributed by atoms with Gasteiger partial charge in [-0.2, -0.15) is 0 Å². The quantitative estimate of drug-likeness (QED) is 0.108. The summed E-state index contributed by atoms with van der Waals surface area (Å²) < 4.78 is 8.95. The van der Waals surface area contributed by atoms with Crippen molar-refractivity contribution in [2.45, 2.75) is 111 Å². The lowest BCUT2D eigenvalue weighted by Gasteiger charge is -2.14. The smallest absolute Gasteiger partial charge is 0.201 e. The van der Waals surface area contributed by atoms with E-state index >= 15 is 0 Å². The van der Waals surface area contributed by atoms with Gasteiger partial charge in [-0.1, -0.05) is 242 Å². The highest BCUT2D eigenvalue weighted by Gasteiger charge is 2.24. The summed E-state index contributed by atoms with van der Waals surface area (Å²) in [4.78, 5) is 0. The number of aromatic nitrogens is 4. The summed E-state index contributed by atoms with van der Waals surface area (Å²) in [5, 5.41) is 0. The van der Waals surface area contributed by atoms with Crippen LogP contribution in [0.15, 0.2) is 316 Å². The third kappa shape index (κ3) is 18.1. The van der Waals surface area contributed by atoms with Crippen LogP contribution in [0.5, 0.6) is 0 Å². The van der Waals surface area contributed by atoms with Gasteiger partial charge in [-0.15, -0.1) is 0 Å². The highest BCUT2D eigenvalue weighted by Crippen LogP contribution is 2.40. The maximum absolute atomic E-state index is 2.36. The van der Waals surface area contributed by atoms with Crippen LogP contribution in [0.4, 0.5) is 0 Å². The summed E-state index contributed by atoms with van der Waals surface area (Å²) in [5.41, 5.74) is 51.6. The summed E-state index contributed by atoms with van der Waals surface area (Å²) in [5.74, 6) is 0. The van der Waals surface area contributed by atoms with E-state index in [4.69, 9.17) is 0 Å². The van der Waals surface area contributed by atoms with Crippen LogP contribution in [0.1, 0.15) is 89.0 Å². The van der Waals surface area contributed by atoms with Crippen molar-refractivity contribution in [1.29, 1.82) is 0 Å². The second-order valence-corrected chi connectivity index (χ2v) is 32.2. The summed E-state index contributed by atoms with van der Waals surface area (Å²) in [6, 6.07) is 106. The van der Waals surface area contributed by atoms with E-state index in [9.17, 15) is 0 Å². The maximum Gasteiger partial charge on any atom is 0.213 e. The molecule has 16 rings (SSSR count). The normalized spacial score (nSPS) is 10.9. The molecule has 0 saturated carbocycles. The zero-order valence-electron chi connectivity index (χ0n) is 71.8. The van der Waals surface area contributed by atoms with Crippen LogP contribution in [0.2, 0.25) is 0 Å². The average Bonchev–Trinajstić information content (AvgIpc) is 0.752. The Labute approximate surface area is 691 Å². The molecule has 0 amide bonds. The Balaban J connectivity index is 0.000000135. The molecule has 0 radical (unpaired) electrons. The number of hydrogen-bond donors (Lipinski definition) is 0. The molecule has 576 valence electrons. The zero-order valence-corrected chi connectivity index (χ0v) is 71.8. The van der Waals surface area contributed by atoms with E-state index in [1.165, 1.54) is 223 Å². The van der Waals surface area contributed by atoms with Gasteiger partial charge < -0.3 is 0 Å². The van der Waals surface area contributed by atoms with Crippen molar-refractivity contribution in [1.82, 2.24) is 0 Å². The highest BCUT2D eigenvalue weighted by atomic mass is 14.9. The Hall–Kier alpha value is -12.8. The molecule has 4 heteroatoms. The third-order valence-electron chi connectivity index (χ3n) is 23.2. The van der Waals surface area contributed by atoms with E-state index in [0.717, 1.165) is 0 Å².